The van der Waals surface area contributed by atoms with Gasteiger partial charge in [0, 0.05) is 16.0 Å². The Morgan fingerprint density at radius 3 is 2.57 bits per heavy atom. The van der Waals surface area contributed by atoms with Crippen LogP contribution in [0.5, 0.6) is 23.0 Å². The standard InChI is InChI=1S/C22H23NO4S/c1-2-24-21-10-16(5-7-19(21)25-14-18-4-3-9-28-18)12-23-13-17-6-8-20-22(11-17)27-15-26-20/h3-11,23H,2,12-15H2,1H3/p+1. The normalized spacial score (nSPS) is 12.2. The SMILES string of the molecule is CCOc1cc(C[NH2+]Cc2ccc3c(c2)OCO3)ccc1OCc1cccs1. The lowest BCUT2D eigenvalue weighted by atomic mass is 10.1. The number of thiophene rings is 1. The highest BCUT2D eigenvalue weighted by atomic mass is 32.1. The lowest BCUT2D eigenvalue weighted by Crippen LogP contribution is -2.80. The van der Waals surface area contributed by atoms with Gasteiger partial charge in [0.2, 0.25) is 6.79 Å². The average molecular weight is 399 g/mol. The van der Waals surface area contributed by atoms with E-state index in [0.717, 1.165) is 36.1 Å². The number of quaternary nitrogens is 1. The zero-order valence-electron chi connectivity index (χ0n) is 15.9. The Kier molecular flexibility index (Phi) is 5.99. The van der Waals surface area contributed by atoms with Crippen LogP contribution in [0.15, 0.2) is 53.9 Å². The lowest BCUT2D eigenvalue weighted by Gasteiger charge is -2.13. The second-order valence-corrected chi connectivity index (χ2v) is 7.50. The van der Waals surface area contributed by atoms with Crippen molar-refractivity contribution in [2.45, 2.75) is 26.6 Å². The summed E-state index contributed by atoms with van der Waals surface area (Å²) < 4.78 is 22.6. The molecule has 4 rings (SSSR count). The monoisotopic (exact) mass is 398 g/mol. The highest BCUT2D eigenvalue weighted by Crippen LogP contribution is 2.32. The minimum absolute atomic E-state index is 0.309. The van der Waals surface area contributed by atoms with Crippen molar-refractivity contribution in [3.63, 3.8) is 0 Å². The summed E-state index contributed by atoms with van der Waals surface area (Å²) in [7, 11) is 0. The molecule has 1 aliphatic heterocycles. The third-order valence-electron chi connectivity index (χ3n) is 4.46. The minimum Gasteiger partial charge on any atom is -0.490 e. The topological polar surface area (TPSA) is 53.5 Å². The van der Waals surface area contributed by atoms with Gasteiger partial charge in [-0.2, -0.15) is 0 Å². The van der Waals surface area contributed by atoms with Crippen molar-refractivity contribution in [3.8, 4) is 23.0 Å². The van der Waals surface area contributed by atoms with E-state index < -0.39 is 0 Å². The number of rotatable bonds is 9. The van der Waals surface area contributed by atoms with Gasteiger partial charge in [0.15, 0.2) is 23.0 Å². The first-order valence-corrected chi connectivity index (χ1v) is 10.3. The first-order chi connectivity index (χ1) is 13.8. The summed E-state index contributed by atoms with van der Waals surface area (Å²) in [5.74, 6) is 3.24. The molecular weight excluding hydrogens is 374 g/mol. The molecule has 146 valence electrons. The summed E-state index contributed by atoms with van der Waals surface area (Å²) in [4.78, 5) is 1.20. The van der Waals surface area contributed by atoms with Gasteiger partial charge >= 0.3 is 0 Å². The Hall–Kier alpha value is -2.70. The van der Waals surface area contributed by atoms with Gasteiger partial charge in [-0.25, -0.2) is 0 Å². The van der Waals surface area contributed by atoms with Gasteiger partial charge in [-0.15, -0.1) is 11.3 Å². The van der Waals surface area contributed by atoms with E-state index in [4.69, 9.17) is 18.9 Å². The maximum atomic E-state index is 5.95. The van der Waals surface area contributed by atoms with Crippen LogP contribution in [-0.4, -0.2) is 13.4 Å². The number of ether oxygens (including phenoxy) is 4. The Labute approximate surface area is 168 Å². The molecule has 0 saturated carbocycles. The molecule has 5 nitrogen and oxygen atoms in total. The number of nitrogens with two attached hydrogens (primary N) is 1. The van der Waals surface area contributed by atoms with E-state index in [2.05, 4.69) is 35.0 Å². The van der Waals surface area contributed by atoms with E-state index in [-0.39, 0.29) is 0 Å². The summed E-state index contributed by atoms with van der Waals surface area (Å²) >= 11 is 1.69. The largest absolute Gasteiger partial charge is 0.490 e. The zero-order valence-corrected chi connectivity index (χ0v) is 16.7. The Bertz CT molecular complexity index is 911. The molecule has 0 saturated heterocycles. The van der Waals surface area contributed by atoms with Gasteiger partial charge in [0.25, 0.3) is 0 Å². The summed E-state index contributed by atoms with van der Waals surface area (Å²) in [6.45, 7) is 5.20. The molecule has 0 radical (unpaired) electrons. The lowest BCUT2D eigenvalue weighted by molar-refractivity contribution is -0.686. The van der Waals surface area contributed by atoms with E-state index in [1.165, 1.54) is 16.0 Å². The van der Waals surface area contributed by atoms with Crippen LogP contribution < -0.4 is 24.3 Å². The summed E-state index contributed by atoms with van der Waals surface area (Å²) in [6.07, 6.45) is 0. The highest BCUT2D eigenvalue weighted by Gasteiger charge is 2.14. The van der Waals surface area contributed by atoms with Gasteiger partial charge in [0.05, 0.1) is 6.61 Å². The van der Waals surface area contributed by atoms with Crippen LogP contribution in [0.25, 0.3) is 0 Å². The van der Waals surface area contributed by atoms with Crippen molar-refractivity contribution in [2.75, 3.05) is 13.4 Å². The molecule has 2 heterocycles. The van der Waals surface area contributed by atoms with E-state index in [9.17, 15) is 0 Å². The van der Waals surface area contributed by atoms with Crippen LogP contribution in [0.4, 0.5) is 0 Å². The molecule has 0 aliphatic carbocycles. The predicted molar refractivity (Wildman–Crippen MR) is 108 cm³/mol. The molecule has 1 aromatic heterocycles. The van der Waals surface area contributed by atoms with Crippen LogP contribution in [0.1, 0.15) is 22.9 Å². The van der Waals surface area contributed by atoms with Crippen molar-refractivity contribution in [1.82, 2.24) is 0 Å². The first-order valence-electron chi connectivity index (χ1n) is 9.43. The van der Waals surface area contributed by atoms with Crippen molar-refractivity contribution in [3.05, 3.63) is 69.9 Å². The Morgan fingerprint density at radius 2 is 1.75 bits per heavy atom. The fourth-order valence-corrected chi connectivity index (χ4v) is 3.70. The Morgan fingerprint density at radius 1 is 0.929 bits per heavy atom. The summed E-state index contributed by atoms with van der Waals surface area (Å²) in [5.41, 5.74) is 2.41. The molecule has 0 spiro atoms. The number of hydrogen-bond acceptors (Lipinski definition) is 5. The van der Waals surface area contributed by atoms with E-state index in [1.54, 1.807) is 11.3 Å². The van der Waals surface area contributed by atoms with Crippen LogP contribution >= 0.6 is 11.3 Å². The van der Waals surface area contributed by atoms with E-state index in [1.807, 2.05) is 31.2 Å². The molecule has 6 heteroatoms. The zero-order chi connectivity index (χ0) is 19.2. The summed E-state index contributed by atoms with van der Waals surface area (Å²) in [5, 5.41) is 4.32. The van der Waals surface area contributed by atoms with Crippen molar-refractivity contribution < 1.29 is 24.3 Å². The smallest absolute Gasteiger partial charge is 0.231 e. The van der Waals surface area contributed by atoms with Gasteiger partial charge in [-0.3, -0.25) is 0 Å². The van der Waals surface area contributed by atoms with Gasteiger partial charge in [0.1, 0.15) is 19.7 Å². The molecular formula is C22H24NO4S+. The van der Waals surface area contributed by atoms with E-state index in [0.29, 0.717) is 20.0 Å². The van der Waals surface area contributed by atoms with Crippen LogP contribution in [-0.2, 0) is 19.7 Å². The van der Waals surface area contributed by atoms with Crippen LogP contribution in [0.2, 0.25) is 0 Å². The van der Waals surface area contributed by atoms with Crippen molar-refractivity contribution in [2.24, 2.45) is 0 Å². The fourth-order valence-electron chi connectivity index (χ4n) is 3.08. The van der Waals surface area contributed by atoms with Gasteiger partial charge in [-0.05, 0) is 54.8 Å². The predicted octanol–water partition coefficient (Wildman–Crippen LogP) is 3.72. The van der Waals surface area contributed by atoms with Crippen LogP contribution in [0.3, 0.4) is 0 Å². The van der Waals surface area contributed by atoms with Crippen molar-refractivity contribution >= 4 is 11.3 Å². The number of hydrogen-bond donors (Lipinski definition) is 1. The molecule has 0 unspecified atom stereocenters. The second kappa shape index (κ2) is 8.99. The minimum atomic E-state index is 0.309. The molecule has 0 atom stereocenters. The first kappa shape index (κ1) is 18.7. The van der Waals surface area contributed by atoms with E-state index >= 15 is 0 Å². The Balaban J connectivity index is 1.35. The van der Waals surface area contributed by atoms with Gasteiger partial charge in [-0.1, -0.05) is 6.07 Å². The maximum Gasteiger partial charge on any atom is 0.231 e. The molecule has 0 fully saturated rings. The quantitative estimate of drug-likeness (QED) is 0.597. The molecule has 2 N–H and O–H groups in total. The fraction of sp³-hybridized carbons (Fsp3) is 0.273. The molecule has 28 heavy (non-hydrogen) atoms. The van der Waals surface area contributed by atoms with Gasteiger partial charge < -0.3 is 24.3 Å². The van der Waals surface area contributed by atoms with Crippen LogP contribution in [0, 0.1) is 0 Å². The molecule has 0 amide bonds. The molecule has 2 aromatic carbocycles. The third kappa shape index (κ3) is 4.58. The third-order valence-corrected chi connectivity index (χ3v) is 5.30. The number of benzene rings is 2. The maximum absolute atomic E-state index is 5.95. The second-order valence-electron chi connectivity index (χ2n) is 6.47. The molecule has 0 bridgehead atoms. The molecule has 1 aliphatic rings. The average Bonchev–Trinajstić information content (AvgIpc) is 3.39. The highest BCUT2D eigenvalue weighted by molar-refractivity contribution is 7.09. The number of fused-ring (bicyclic) bond motifs is 1. The van der Waals surface area contributed by atoms with Crippen molar-refractivity contribution in [1.29, 1.82) is 0 Å². The summed E-state index contributed by atoms with van der Waals surface area (Å²) in [6, 6.07) is 16.4. The molecule has 3 aromatic rings.